The summed E-state index contributed by atoms with van der Waals surface area (Å²) in [6.45, 7) is 1.96. The molecule has 7 heteroatoms. The first-order chi connectivity index (χ1) is 12.1. The number of furan rings is 1. The Bertz CT molecular complexity index is 749. The smallest absolute Gasteiger partial charge is 0.254 e. The molecule has 4 rings (SSSR count). The van der Waals surface area contributed by atoms with Crippen LogP contribution in [-0.4, -0.2) is 53.2 Å². The Morgan fingerprint density at radius 1 is 1.40 bits per heavy atom. The van der Waals surface area contributed by atoms with Crippen LogP contribution in [0.3, 0.4) is 0 Å². The number of carbonyl (C=O) groups excluding carboxylic acids is 1. The number of morpholine rings is 1. The van der Waals surface area contributed by atoms with E-state index >= 15 is 0 Å². The zero-order chi connectivity index (χ0) is 17.4. The summed E-state index contributed by atoms with van der Waals surface area (Å²) in [4.78, 5) is 19.1. The topological polar surface area (TPSA) is 72.5 Å². The maximum Gasteiger partial charge on any atom is 0.254 e. The number of carbonyl (C=O) groups is 1. The van der Waals surface area contributed by atoms with Crippen molar-refractivity contribution in [2.45, 2.75) is 30.9 Å². The van der Waals surface area contributed by atoms with Crippen molar-refractivity contribution < 1.29 is 13.9 Å². The second kappa shape index (κ2) is 6.65. The number of hydrogen-bond acceptors (Lipinski definition) is 5. The summed E-state index contributed by atoms with van der Waals surface area (Å²) in [7, 11) is 4.06. The molecule has 7 nitrogen and oxygen atoms in total. The molecule has 2 aromatic heterocycles. The Labute approximate surface area is 147 Å². The fourth-order valence-electron chi connectivity index (χ4n) is 3.56. The van der Waals surface area contributed by atoms with Crippen LogP contribution >= 0.6 is 0 Å². The third-order valence-corrected chi connectivity index (χ3v) is 5.11. The summed E-state index contributed by atoms with van der Waals surface area (Å²) in [5.41, 5.74) is 1.74. The van der Waals surface area contributed by atoms with Gasteiger partial charge in [-0.3, -0.25) is 9.69 Å². The molecule has 1 saturated carbocycles. The van der Waals surface area contributed by atoms with Crippen molar-refractivity contribution in [1.29, 1.82) is 0 Å². The summed E-state index contributed by atoms with van der Waals surface area (Å²) in [5, 5.41) is 3.03. The highest BCUT2D eigenvalue weighted by atomic mass is 16.5. The van der Waals surface area contributed by atoms with Gasteiger partial charge in [-0.25, -0.2) is 4.98 Å². The highest BCUT2D eigenvalue weighted by Gasteiger charge is 2.35. The molecule has 25 heavy (non-hydrogen) atoms. The molecular weight excluding hydrogens is 320 g/mol. The highest BCUT2D eigenvalue weighted by molar-refractivity contribution is 5.95. The zero-order valence-corrected chi connectivity index (χ0v) is 14.6. The third kappa shape index (κ3) is 3.21. The van der Waals surface area contributed by atoms with E-state index in [1.54, 1.807) is 18.7 Å². The number of hydrogen-bond donors (Lipinski definition) is 1. The van der Waals surface area contributed by atoms with Gasteiger partial charge in [0.05, 0.1) is 42.6 Å². The first-order valence-electron chi connectivity index (χ1n) is 8.79. The summed E-state index contributed by atoms with van der Waals surface area (Å²) in [5.74, 6) is 1.15. The van der Waals surface area contributed by atoms with E-state index in [1.807, 2.05) is 17.8 Å². The van der Waals surface area contributed by atoms with E-state index in [0.717, 1.165) is 30.8 Å². The Morgan fingerprint density at radius 3 is 2.96 bits per heavy atom. The zero-order valence-electron chi connectivity index (χ0n) is 14.6. The van der Waals surface area contributed by atoms with Gasteiger partial charge in [-0.1, -0.05) is 0 Å². The van der Waals surface area contributed by atoms with Crippen molar-refractivity contribution in [3.63, 3.8) is 0 Å². The van der Waals surface area contributed by atoms with E-state index in [1.165, 1.54) is 0 Å². The minimum Gasteiger partial charge on any atom is -0.468 e. The van der Waals surface area contributed by atoms with Gasteiger partial charge in [0.1, 0.15) is 5.76 Å². The summed E-state index contributed by atoms with van der Waals surface area (Å²) in [6.07, 6.45) is 7.35. The van der Waals surface area contributed by atoms with Gasteiger partial charge in [-0.2, -0.15) is 0 Å². The first kappa shape index (κ1) is 16.4. The van der Waals surface area contributed by atoms with Gasteiger partial charge >= 0.3 is 0 Å². The van der Waals surface area contributed by atoms with Gasteiger partial charge in [0.2, 0.25) is 0 Å². The number of aryl methyl sites for hydroxylation is 1. The van der Waals surface area contributed by atoms with Crippen LogP contribution in [0.4, 0.5) is 0 Å². The largest absolute Gasteiger partial charge is 0.468 e. The van der Waals surface area contributed by atoms with Crippen LogP contribution < -0.4 is 5.32 Å². The van der Waals surface area contributed by atoms with Crippen LogP contribution in [0.2, 0.25) is 0 Å². The summed E-state index contributed by atoms with van der Waals surface area (Å²) < 4.78 is 13.5. The van der Waals surface area contributed by atoms with Gasteiger partial charge in [0.15, 0.2) is 0 Å². The molecule has 0 spiro atoms. The first-order valence-corrected chi connectivity index (χ1v) is 8.79. The van der Waals surface area contributed by atoms with Crippen molar-refractivity contribution in [2.24, 2.45) is 7.05 Å². The fraction of sp³-hybridized carbons (Fsp3) is 0.556. The lowest BCUT2D eigenvalue weighted by Gasteiger charge is -2.39. The van der Waals surface area contributed by atoms with E-state index < -0.39 is 0 Å². The molecule has 2 fully saturated rings. The Balaban J connectivity index is 1.46. The standard InChI is InChI=1S/C18H24N4O3/c1-21-6-8-24-15(16(21)14-9-19-11-22(14)2)10-20-18(23)13-5-7-25-17(13)12-3-4-12/h5,7,9,11-12,15-16H,3-4,6,8,10H2,1-2H3,(H,20,23)/t15-,16-/m0/s1. The number of ether oxygens (including phenoxy) is 1. The van der Waals surface area contributed by atoms with E-state index in [0.29, 0.717) is 24.6 Å². The Morgan fingerprint density at radius 2 is 2.24 bits per heavy atom. The lowest BCUT2D eigenvalue weighted by Crippen LogP contribution is -2.48. The van der Waals surface area contributed by atoms with Gasteiger partial charge in [-0.05, 0) is 26.0 Å². The molecule has 2 aromatic rings. The number of nitrogens with zero attached hydrogens (tertiary/aromatic N) is 3. The van der Waals surface area contributed by atoms with Crippen LogP contribution in [0.25, 0.3) is 0 Å². The average molecular weight is 344 g/mol. The van der Waals surface area contributed by atoms with Gasteiger partial charge in [-0.15, -0.1) is 0 Å². The molecular formula is C18H24N4O3. The van der Waals surface area contributed by atoms with Gasteiger partial charge in [0.25, 0.3) is 5.91 Å². The lowest BCUT2D eigenvalue weighted by atomic mass is 10.0. The molecule has 1 N–H and O–H groups in total. The minimum absolute atomic E-state index is 0.0637. The van der Waals surface area contributed by atoms with E-state index in [-0.39, 0.29) is 18.1 Å². The molecule has 0 bridgehead atoms. The Kier molecular flexibility index (Phi) is 4.35. The molecule has 0 aromatic carbocycles. The van der Waals surface area contributed by atoms with Crippen LogP contribution in [-0.2, 0) is 11.8 Å². The maximum absolute atomic E-state index is 12.6. The van der Waals surface area contributed by atoms with Crippen LogP contribution in [0, 0.1) is 0 Å². The molecule has 0 unspecified atom stereocenters. The molecule has 1 aliphatic carbocycles. The molecule has 2 atom stereocenters. The average Bonchev–Trinajstić information content (AvgIpc) is 3.17. The second-order valence-electron chi connectivity index (χ2n) is 6.95. The summed E-state index contributed by atoms with van der Waals surface area (Å²) >= 11 is 0. The highest BCUT2D eigenvalue weighted by Crippen LogP contribution is 2.42. The molecule has 3 heterocycles. The van der Waals surface area contributed by atoms with Crippen LogP contribution in [0.5, 0.6) is 0 Å². The Hall–Kier alpha value is -2.12. The monoisotopic (exact) mass is 344 g/mol. The molecule has 1 amide bonds. The van der Waals surface area contributed by atoms with Crippen LogP contribution in [0.15, 0.2) is 29.3 Å². The maximum atomic E-state index is 12.6. The number of rotatable bonds is 5. The minimum atomic E-state index is -0.116. The predicted molar refractivity (Wildman–Crippen MR) is 91.3 cm³/mol. The normalized spacial score (nSPS) is 24.4. The number of amides is 1. The van der Waals surface area contributed by atoms with Crippen molar-refractivity contribution in [3.05, 3.63) is 41.9 Å². The summed E-state index contributed by atoms with van der Waals surface area (Å²) in [6, 6.07) is 1.82. The molecule has 134 valence electrons. The number of imidazole rings is 1. The number of aromatic nitrogens is 2. The van der Waals surface area contributed by atoms with E-state index in [4.69, 9.17) is 9.15 Å². The predicted octanol–water partition coefficient (Wildman–Crippen LogP) is 1.69. The number of nitrogens with one attached hydrogen (secondary N) is 1. The lowest BCUT2D eigenvalue weighted by molar-refractivity contribution is -0.0626. The van der Waals surface area contributed by atoms with E-state index in [2.05, 4.69) is 22.2 Å². The molecule has 1 saturated heterocycles. The third-order valence-electron chi connectivity index (χ3n) is 5.11. The van der Waals surface area contributed by atoms with Gasteiger partial charge < -0.3 is 19.0 Å². The number of likely N-dealkylation sites (N-methyl/N-ethyl adjacent to an activating group) is 1. The quantitative estimate of drug-likeness (QED) is 0.894. The van der Waals surface area contributed by atoms with Crippen molar-refractivity contribution in [2.75, 3.05) is 26.7 Å². The van der Waals surface area contributed by atoms with Crippen LogP contribution in [0.1, 0.15) is 46.6 Å². The fourth-order valence-corrected chi connectivity index (χ4v) is 3.56. The van der Waals surface area contributed by atoms with Crippen molar-refractivity contribution in [1.82, 2.24) is 19.8 Å². The molecule has 1 aliphatic heterocycles. The van der Waals surface area contributed by atoms with Crippen molar-refractivity contribution in [3.8, 4) is 0 Å². The van der Waals surface area contributed by atoms with Gasteiger partial charge in [0, 0.05) is 32.3 Å². The molecule has 2 aliphatic rings. The second-order valence-corrected chi connectivity index (χ2v) is 6.95. The van der Waals surface area contributed by atoms with Crippen molar-refractivity contribution >= 4 is 5.91 Å². The molecule has 0 radical (unpaired) electrons. The van der Waals surface area contributed by atoms with E-state index in [9.17, 15) is 4.79 Å². The SMILES string of the molecule is CN1CCO[C@@H](CNC(=O)c2ccoc2C2CC2)[C@@H]1c1cncn1C.